The van der Waals surface area contributed by atoms with E-state index in [9.17, 15) is 4.39 Å². The first-order valence-electron chi connectivity index (χ1n) is 7.30. The first-order chi connectivity index (χ1) is 10.7. The molecule has 3 nitrogen and oxygen atoms in total. The highest BCUT2D eigenvalue weighted by Gasteiger charge is 2.18. The van der Waals surface area contributed by atoms with Crippen LogP contribution in [0.2, 0.25) is 0 Å². The van der Waals surface area contributed by atoms with Crippen LogP contribution in [0.25, 0.3) is 21.3 Å². The second kappa shape index (κ2) is 6.50. The number of aromatic nitrogens is 2. The van der Waals surface area contributed by atoms with E-state index in [-0.39, 0.29) is 18.3 Å². The Morgan fingerprint density at radius 3 is 2.82 bits per heavy atom. The fraction of sp³-hybridized carbons (Fsp3) is 0.294. The molecule has 0 saturated carbocycles. The van der Waals surface area contributed by atoms with Gasteiger partial charge in [-0.25, -0.2) is 14.4 Å². The molecule has 2 aromatic heterocycles. The number of aliphatic hydroxyl groups excluding tert-OH is 1. The van der Waals surface area contributed by atoms with Crippen molar-refractivity contribution in [1.82, 2.24) is 9.97 Å². The monoisotopic (exact) mass is 316 g/mol. The minimum absolute atomic E-state index is 0.169. The summed E-state index contributed by atoms with van der Waals surface area (Å²) >= 11 is 1.51. The molecule has 0 amide bonds. The molecule has 5 heteroatoms. The van der Waals surface area contributed by atoms with Gasteiger partial charge in [-0.15, -0.1) is 11.3 Å². The molecule has 0 fully saturated rings. The smallest absolute Gasteiger partial charge is 0.131 e. The molecule has 3 rings (SSSR count). The number of aliphatic hydroxyl groups is 1. The molecule has 2 heterocycles. The lowest BCUT2D eigenvalue weighted by Gasteiger charge is -2.12. The van der Waals surface area contributed by atoms with Gasteiger partial charge >= 0.3 is 0 Å². The second-order valence-electron chi connectivity index (χ2n) is 5.34. The molecule has 0 aliphatic rings. The van der Waals surface area contributed by atoms with Crippen molar-refractivity contribution in [1.29, 1.82) is 0 Å². The van der Waals surface area contributed by atoms with E-state index < -0.39 is 0 Å². The van der Waals surface area contributed by atoms with Crippen LogP contribution >= 0.6 is 11.3 Å². The van der Waals surface area contributed by atoms with Crippen LogP contribution in [0.15, 0.2) is 36.0 Å². The molecule has 1 atom stereocenters. The zero-order valence-electron chi connectivity index (χ0n) is 12.3. The van der Waals surface area contributed by atoms with Crippen molar-refractivity contribution in [3.63, 3.8) is 0 Å². The SMILES string of the molecule is CC(CCCO)c1ncnc2scc(-c3ccccc3F)c12. The number of hydrogen-bond acceptors (Lipinski definition) is 4. The van der Waals surface area contributed by atoms with Gasteiger partial charge in [-0.2, -0.15) is 0 Å². The second-order valence-corrected chi connectivity index (χ2v) is 6.19. The van der Waals surface area contributed by atoms with Crippen molar-refractivity contribution in [3.05, 3.63) is 47.5 Å². The molecule has 0 bridgehead atoms. The van der Waals surface area contributed by atoms with Gasteiger partial charge in [0.1, 0.15) is 17.0 Å². The Labute approximate surface area is 132 Å². The summed E-state index contributed by atoms with van der Waals surface area (Å²) in [5.74, 6) is -0.0437. The average molecular weight is 316 g/mol. The van der Waals surface area contributed by atoms with E-state index in [1.807, 2.05) is 11.4 Å². The maximum Gasteiger partial charge on any atom is 0.131 e. The molecular formula is C17H17FN2OS. The van der Waals surface area contributed by atoms with E-state index in [2.05, 4.69) is 16.9 Å². The maximum absolute atomic E-state index is 14.1. The van der Waals surface area contributed by atoms with Crippen molar-refractivity contribution < 1.29 is 9.50 Å². The van der Waals surface area contributed by atoms with E-state index in [0.717, 1.165) is 34.3 Å². The molecule has 0 radical (unpaired) electrons. The zero-order valence-corrected chi connectivity index (χ0v) is 13.1. The van der Waals surface area contributed by atoms with E-state index in [4.69, 9.17) is 5.11 Å². The highest BCUT2D eigenvalue weighted by Crippen LogP contribution is 2.38. The zero-order chi connectivity index (χ0) is 15.5. The number of rotatable bonds is 5. The van der Waals surface area contributed by atoms with E-state index in [1.165, 1.54) is 17.4 Å². The third kappa shape index (κ3) is 2.74. The van der Waals surface area contributed by atoms with Gasteiger partial charge in [-0.1, -0.05) is 25.1 Å². The number of thiophene rings is 1. The molecule has 0 spiro atoms. The third-order valence-electron chi connectivity index (χ3n) is 3.83. The Balaban J connectivity index is 2.15. The number of halogens is 1. The Morgan fingerprint density at radius 2 is 2.05 bits per heavy atom. The van der Waals surface area contributed by atoms with Gasteiger partial charge in [0, 0.05) is 28.5 Å². The van der Waals surface area contributed by atoms with Crippen molar-refractivity contribution in [2.75, 3.05) is 6.61 Å². The molecule has 1 unspecified atom stereocenters. The topological polar surface area (TPSA) is 46.0 Å². The normalized spacial score (nSPS) is 12.7. The molecule has 3 aromatic rings. The van der Waals surface area contributed by atoms with Gasteiger partial charge in [0.15, 0.2) is 0 Å². The predicted molar refractivity (Wildman–Crippen MR) is 87.5 cm³/mol. The summed E-state index contributed by atoms with van der Waals surface area (Å²) in [6.07, 6.45) is 3.13. The number of fused-ring (bicyclic) bond motifs is 1. The lowest BCUT2D eigenvalue weighted by Crippen LogP contribution is -2.00. The van der Waals surface area contributed by atoms with E-state index >= 15 is 0 Å². The fourth-order valence-corrected chi connectivity index (χ4v) is 3.60. The average Bonchev–Trinajstić information content (AvgIpc) is 2.97. The fourth-order valence-electron chi connectivity index (χ4n) is 2.68. The van der Waals surface area contributed by atoms with Crippen LogP contribution in [0, 0.1) is 5.82 Å². The Bertz CT molecular complexity index is 787. The Kier molecular flexibility index (Phi) is 4.45. The van der Waals surface area contributed by atoms with Crippen molar-refractivity contribution in [2.45, 2.75) is 25.7 Å². The third-order valence-corrected chi connectivity index (χ3v) is 4.71. The van der Waals surface area contributed by atoms with Gasteiger partial charge in [0.25, 0.3) is 0 Å². The first-order valence-corrected chi connectivity index (χ1v) is 8.18. The maximum atomic E-state index is 14.1. The quantitative estimate of drug-likeness (QED) is 0.760. The highest BCUT2D eigenvalue weighted by atomic mass is 32.1. The van der Waals surface area contributed by atoms with Gasteiger partial charge in [0.2, 0.25) is 0 Å². The molecule has 114 valence electrons. The summed E-state index contributed by atoms with van der Waals surface area (Å²) in [6, 6.07) is 6.78. The summed E-state index contributed by atoms with van der Waals surface area (Å²) in [6.45, 7) is 2.25. The van der Waals surface area contributed by atoms with Gasteiger partial charge < -0.3 is 5.11 Å². The lowest BCUT2D eigenvalue weighted by atomic mass is 9.96. The molecule has 22 heavy (non-hydrogen) atoms. The van der Waals surface area contributed by atoms with Crippen LogP contribution in [0.5, 0.6) is 0 Å². The van der Waals surface area contributed by atoms with Gasteiger partial charge in [0.05, 0.1) is 5.69 Å². The Morgan fingerprint density at radius 1 is 1.23 bits per heavy atom. The van der Waals surface area contributed by atoms with Crippen molar-refractivity contribution >= 4 is 21.6 Å². The van der Waals surface area contributed by atoms with Crippen LogP contribution in [0.4, 0.5) is 4.39 Å². The minimum atomic E-state index is -0.236. The van der Waals surface area contributed by atoms with Crippen LogP contribution < -0.4 is 0 Å². The minimum Gasteiger partial charge on any atom is -0.396 e. The lowest BCUT2D eigenvalue weighted by molar-refractivity contribution is 0.280. The standard InChI is InChI=1S/C17H17FN2OS/c1-11(5-4-8-21)16-15-13(9-22-17(15)20-10-19-16)12-6-2-3-7-14(12)18/h2-3,6-7,9-11,21H,4-5,8H2,1H3. The molecule has 1 aromatic carbocycles. The summed E-state index contributed by atoms with van der Waals surface area (Å²) < 4.78 is 14.1. The Hall–Kier alpha value is -1.85. The predicted octanol–water partition coefficient (Wildman–Crippen LogP) is 4.37. The molecular weight excluding hydrogens is 299 g/mol. The van der Waals surface area contributed by atoms with Gasteiger partial charge in [-0.3, -0.25) is 0 Å². The molecule has 0 saturated heterocycles. The molecule has 1 N–H and O–H groups in total. The summed E-state index contributed by atoms with van der Waals surface area (Å²) in [4.78, 5) is 9.63. The number of hydrogen-bond donors (Lipinski definition) is 1. The van der Waals surface area contributed by atoms with Gasteiger partial charge in [-0.05, 0) is 24.8 Å². The van der Waals surface area contributed by atoms with Crippen molar-refractivity contribution in [3.8, 4) is 11.1 Å². The van der Waals surface area contributed by atoms with Crippen molar-refractivity contribution in [2.24, 2.45) is 0 Å². The first kappa shape index (κ1) is 15.1. The summed E-state index contributed by atoms with van der Waals surface area (Å²) in [7, 11) is 0. The van der Waals surface area contributed by atoms with E-state index in [1.54, 1.807) is 18.5 Å². The van der Waals surface area contributed by atoms with E-state index in [0.29, 0.717) is 5.56 Å². The van der Waals surface area contributed by atoms with Crippen LogP contribution in [0.1, 0.15) is 31.4 Å². The molecule has 0 aliphatic heterocycles. The van der Waals surface area contributed by atoms with Crippen LogP contribution in [-0.2, 0) is 0 Å². The number of benzene rings is 1. The summed E-state index contributed by atoms with van der Waals surface area (Å²) in [5.41, 5.74) is 2.36. The van der Waals surface area contributed by atoms with Crippen LogP contribution in [-0.4, -0.2) is 21.7 Å². The largest absolute Gasteiger partial charge is 0.396 e. The van der Waals surface area contributed by atoms with Crippen LogP contribution in [0.3, 0.4) is 0 Å². The number of nitrogens with zero attached hydrogens (tertiary/aromatic N) is 2. The highest BCUT2D eigenvalue weighted by molar-refractivity contribution is 7.17. The summed E-state index contributed by atoms with van der Waals surface area (Å²) in [5, 5.41) is 11.9. The molecule has 0 aliphatic carbocycles.